The third-order valence-electron chi connectivity index (χ3n) is 2.74. The fraction of sp³-hybridized carbons (Fsp3) is 0.462. The molecule has 1 heteroatoms. The van der Waals surface area contributed by atoms with Crippen molar-refractivity contribution in [3.8, 4) is 0 Å². The first-order chi connectivity index (χ1) is 6.60. The second-order valence-corrected chi connectivity index (χ2v) is 4.31. The maximum absolute atomic E-state index is 10.5. The number of hydrogen-bond acceptors (Lipinski definition) is 1. The van der Waals surface area contributed by atoms with Gasteiger partial charge in [0.1, 0.15) is 6.29 Å². The molecule has 1 rings (SSSR count). The Labute approximate surface area is 86.1 Å². The fourth-order valence-corrected chi connectivity index (χ4v) is 1.52. The van der Waals surface area contributed by atoms with Crippen LogP contribution in [0.2, 0.25) is 0 Å². The highest BCUT2D eigenvalue weighted by atomic mass is 16.1. The highest BCUT2D eigenvalue weighted by Crippen LogP contribution is 2.26. The molecular weight excluding hydrogens is 172 g/mol. The molecule has 0 fully saturated rings. The molecule has 76 valence electrons. The van der Waals surface area contributed by atoms with Gasteiger partial charge in [0, 0.05) is 6.42 Å². The average molecular weight is 190 g/mol. The Morgan fingerprint density at radius 1 is 1.21 bits per heavy atom. The van der Waals surface area contributed by atoms with Crippen molar-refractivity contribution < 1.29 is 4.79 Å². The monoisotopic (exact) mass is 190 g/mol. The molecule has 0 aliphatic heterocycles. The Balaban J connectivity index is 2.90. The molecule has 0 heterocycles. The van der Waals surface area contributed by atoms with Crippen LogP contribution in [0.25, 0.3) is 0 Å². The predicted octanol–water partition coefficient (Wildman–Crippen LogP) is 3.12. The maximum atomic E-state index is 10.5. The van der Waals surface area contributed by atoms with Gasteiger partial charge >= 0.3 is 0 Å². The molecule has 0 amide bonds. The molecule has 0 unspecified atom stereocenters. The van der Waals surface area contributed by atoms with Gasteiger partial charge in [0.15, 0.2) is 0 Å². The third-order valence-corrected chi connectivity index (χ3v) is 2.74. The lowest BCUT2D eigenvalue weighted by Crippen LogP contribution is -2.17. The molecule has 0 bridgehead atoms. The van der Waals surface area contributed by atoms with E-state index in [1.165, 1.54) is 11.1 Å². The smallest absolute Gasteiger partial charge is 0.120 e. The normalized spacial score (nSPS) is 11.4. The number of aldehydes is 1. The zero-order valence-corrected chi connectivity index (χ0v) is 9.21. The minimum absolute atomic E-state index is 0.0337. The van der Waals surface area contributed by atoms with E-state index in [2.05, 4.69) is 45.0 Å². The summed E-state index contributed by atoms with van der Waals surface area (Å²) < 4.78 is 0. The molecule has 0 saturated heterocycles. The molecular formula is C13H18O. The summed E-state index contributed by atoms with van der Waals surface area (Å²) in [5.74, 6) is 0. The van der Waals surface area contributed by atoms with E-state index < -0.39 is 0 Å². The van der Waals surface area contributed by atoms with Crippen molar-refractivity contribution in [1.29, 1.82) is 0 Å². The molecule has 0 aliphatic carbocycles. The third kappa shape index (κ3) is 2.44. The van der Waals surface area contributed by atoms with Gasteiger partial charge in [0.2, 0.25) is 0 Å². The Bertz CT molecular complexity index is 296. The van der Waals surface area contributed by atoms with E-state index >= 15 is 0 Å². The van der Waals surface area contributed by atoms with Crippen LogP contribution in [0.4, 0.5) is 0 Å². The number of benzene rings is 1. The molecule has 14 heavy (non-hydrogen) atoms. The van der Waals surface area contributed by atoms with Crippen LogP contribution in [-0.4, -0.2) is 6.29 Å². The SMILES string of the molecule is CCc1ccc(C(C)(C)CC=O)cc1. The van der Waals surface area contributed by atoms with E-state index in [0.29, 0.717) is 6.42 Å². The summed E-state index contributed by atoms with van der Waals surface area (Å²) >= 11 is 0. The first kappa shape index (κ1) is 11.0. The van der Waals surface area contributed by atoms with Crippen LogP contribution in [-0.2, 0) is 16.6 Å². The Morgan fingerprint density at radius 3 is 2.21 bits per heavy atom. The first-order valence-electron chi connectivity index (χ1n) is 5.13. The van der Waals surface area contributed by atoms with Gasteiger partial charge < -0.3 is 4.79 Å². The summed E-state index contributed by atoms with van der Waals surface area (Å²) in [6, 6.07) is 8.54. The fourth-order valence-electron chi connectivity index (χ4n) is 1.52. The summed E-state index contributed by atoms with van der Waals surface area (Å²) in [7, 11) is 0. The van der Waals surface area contributed by atoms with Gasteiger partial charge in [-0.05, 0) is 23.0 Å². The Morgan fingerprint density at radius 2 is 1.79 bits per heavy atom. The highest BCUT2D eigenvalue weighted by Gasteiger charge is 2.19. The second kappa shape index (κ2) is 4.41. The van der Waals surface area contributed by atoms with Gasteiger partial charge in [-0.2, -0.15) is 0 Å². The van der Waals surface area contributed by atoms with Gasteiger partial charge in [-0.1, -0.05) is 45.0 Å². The molecule has 0 aromatic heterocycles. The molecule has 0 atom stereocenters. The number of carbonyl (C=O) groups excluding carboxylic acids is 1. The molecule has 0 aliphatic rings. The van der Waals surface area contributed by atoms with Crippen LogP contribution >= 0.6 is 0 Å². The lowest BCUT2D eigenvalue weighted by atomic mass is 9.82. The van der Waals surface area contributed by atoms with Crippen molar-refractivity contribution in [3.05, 3.63) is 35.4 Å². The molecule has 1 nitrogen and oxygen atoms in total. The van der Waals surface area contributed by atoms with Gasteiger partial charge in [0.05, 0.1) is 0 Å². The van der Waals surface area contributed by atoms with E-state index in [4.69, 9.17) is 0 Å². The molecule has 0 spiro atoms. The number of hydrogen-bond donors (Lipinski definition) is 0. The van der Waals surface area contributed by atoms with Crippen LogP contribution in [0.5, 0.6) is 0 Å². The maximum Gasteiger partial charge on any atom is 0.120 e. The average Bonchev–Trinajstić information content (AvgIpc) is 2.18. The topological polar surface area (TPSA) is 17.1 Å². The molecule has 0 N–H and O–H groups in total. The quantitative estimate of drug-likeness (QED) is 0.667. The van der Waals surface area contributed by atoms with Gasteiger partial charge in [-0.25, -0.2) is 0 Å². The van der Waals surface area contributed by atoms with Crippen LogP contribution < -0.4 is 0 Å². The summed E-state index contributed by atoms with van der Waals surface area (Å²) in [5, 5.41) is 0. The largest absolute Gasteiger partial charge is 0.303 e. The van der Waals surface area contributed by atoms with E-state index in [0.717, 1.165) is 12.7 Å². The lowest BCUT2D eigenvalue weighted by molar-refractivity contribution is -0.108. The zero-order chi connectivity index (χ0) is 10.6. The molecule has 1 aromatic rings. The Kier molecular flexibility index (Phi) is 3.45. The summed E-state index contributed by atoms with van der Waals surface area (Å²) in [4.78, 5) is 10.5. The summed E-state index contributed by atoms with van der Waals surface area (Å²) in [6.07, 6.45) is 2.64. The van der Waals surface area contributed by atoms with Crippen molar-refractivity contribution in [2.75, 3.05) is 0 Å². The minimum Gasteiger partial charge on any atom is -0.303 e. The second-order valence-electron chi connectivity index (χ2n) is 4.31. The summed E-state index contributed by atoms with van der Waals surface area (Å²) in [5.41, 5.74) is 2.55. The van der Waals surface area contributed by atoms with Crippen LogP contribution in [0.1, 0.15) is 38.3 Å². The zero-order valence-electron chi connectivity index (χ0n) is 9.21. The standard InChI is InChI=1S/C13H18O/c1-4-11-5-7-12(8-6-11)13(2,3)9-10-14/h5-8,10H,4,9H2,1-3H3. The van der Waals surface area contributed by atoms with E-state index in [-0.39, 0.29) is 5.41 Å². The number of rotatable bonds is 4. The highest BCUT2D eigenvalue weighted by molar-refractivity contribution is 5.53. The van der Waals surface area contributed by atoms with E-state index in [1.54, 1.807) is 0 Å². The Hall–Kier alpha value is -1.11. The first-order valence-corrected chi connectivity index (χ1v) is 5.13. The van der Waals surface area contributed by atoms with Crippen molar-refractivity contribution in [3.63, 3.8) is 0 Å². The van der Waals surface area contributed by atoms with E-state index in [1.807, 2.05) is 0 Å². The molecule has 1 aromatic carbocycles. The predicted molar refractivity (Wildman–Crippen MR) is 59.5 cm³/mol. The van der Waals surface area contributed by atoms with Gasteiger partial charge in [-0.3, -0.25) is 0 Å². The van der Waals surface area contributed by atoms with Crippen molar-refractivity contribution in [2.24, 2.45) is 0 Å². The molecule has 0 radical (unpaired) electrons. The lowest BCUT2D eigenvalue weighted by Gasteiger charge is -2.22. The molecule has 0 saturated carbocycles. The van der Waals surface area contributed by atoms with Crippen LogP contribution in [0.15, 0.2) is 24.3 Å². The van der Waals surface area contributed by atoms with Crippen molar-refractivity contribution >= 4 is 6.29 Å². The number of carbonyl (C=O) groups is 1. The summed E-state index contributed by atoms with van der Waals surface area (Å²) in [6.45, 7) is 6.34. The van der Waals surface area contributed by atoms with Crippen LogP contribution in [0.3, 0.4) is 0 Å². The van der Waals surface area contributed by atoms with Gasteiger partial charge in [-0.15, -0.1) is 0 Å². The van der Waals surface area contributed by atoms with Crippen molar-refractivity contribution in [1.82, 2.24) is 0 Å². The number of aryl methyl sites for hydroxylation is 1. The van der Waals surface area contributed by atoms with Gasteiger partial charge in [0.25, 0.3) is 0 Å². The van der Waals surface area contributed by atoms with Crippen LogP contribution in [0, 0.1) is 0 Å². The minimum atomic E-state index is -0.0337. The van der Waals surface area contributed by atoms with Crippen molar-refractivity contribution in [2.45, 2.75) is 39.0 Å². The van der Waals surface area contributed by atoms with E-state index in [9.17, 15) is 4.79 Å².